The van der Waals surface area contributed by atoms with Crippen LogP contribution in [-0.4, -0.2) is 22.2 Å². The summed E-state index contributed by atoms with van der Waals surface area (Å²) in [6.45, 7) is 4.99. The summed E-state index contributed by atoms with van der Waals surface area (Å²) in [6.07, 6.45) is 8.82. The summed E-state index contributed by atoms with van der Waals surface area (Å²) in [5.74, 6) is -3.47. The normalized spacial score (nSPS) is 14.8. The smallest absolute Gasteiger partial charge is 0.318 e. The van der Waals surface area contributed by atoms with Gasteiger partial charge in [0.2, 0.25) is 0 Å². The van der Waals surface area contributed by atoms with Crippen molar-refractivity contribution in [2.45, 2.75) is 20.8 Å². The quantitative estimate of drug-likeness (QED) is 0.697. The molecular weight excluding hydrogens is 220 g/mol. The predicted molar refractivity (Wildman–Crippen MR) is 65.6 cm³/mol. The van der Waals surface area contributed by atoms with Gasteiger partial charge in [0, 0.05) is 0 Å². The second-order valence-electron chi connectivity index (χ2n) is 3.58. The number of carboxylic acids is 2. The van der Waals surface area contributed by atoms with E-state index in [1.165, 1.54) is 18.2 Å². The number of carboxylic acid groups (broad SMARTS) is 2. The van der Waals surface area contributed by atoms with Gasteiger partial charge in [-0.25, -0.2) is 0 Å². The maximum absolute atomic E-state index is 11.4. The van der Waals surface area contributed by atoms with E-state index in [4.69, 9.17) is 5.11 Å². The molecule has 0 radical (unpaired) electrons. The topological polar surface area (TPSA) is 74.6 Å². The lowest BCUT2D eigenvalue weighted by Crippen LogP contribution is -2.38. The van der Waals surface area contributed by atoms with E-state index in [1.807, 2.05) is 0 Å². The first-order valence-electron chi connectivity index (χ1n) is 5.33. The molecule has 17 heavy (non-hydrogen) atoms. The molecule has 0 spiro atoms. The van der Waals surface area contributed by atoms with Gasteiger partial charge in [0.05, 0.1) is 5.92 Å². The highest BCUT2D eigenvalue weighted by molar-refractivity contribution is 5.88. The van der Waals surface area contributed by atoms with Gasteiger partial charge in [-0.2, -0.15) is 0 Å². The monoisotopic (exact) mass is 238 g/mol. The van der Waals surface area contributed by atoms with Crippen LogP contribution in [0.25, 0.3) is 0 Å². The van der Waals surface area contributed by atoms with Gasteiger partial charge in [-0.1, -0.05) is 36.5 Å². The fraction of sp³-hybridized carbons (Fsp3) is 0.385. The molecule has 2 N–H and O–H groups in total. The maximum atomic E-state index is 11.4. The molecule has 0 rings (SSSR count). The third-order valence-electron chi connectivity index (χ3n) is 2.42. The first-order valence-corrected chi connectivity index (χ1v) is 5.33. The van der Waals surface area contributed by atoms with E-state index in [9.17, 15) is 14.7 Å². The average molecular weight is 238 g/mol. The van der Waals surface area contributed by atoms with Crippen LogP contribution in [-0.2, 0) is 9.59 Å². The van der Waals surface area contributed by atoms with Crippen LogP contribution in [0.2, 0.25) is 0 Å². The molecule has 0 bridgehead atoms. The van der Waals surface area contributed by atoms with Crippen LogP contribution in [0.5, 0.6) is 0 Å². The number of hydrogen-bond acceptors (Lipinski definition) is 2. The van der Waals surface area contributed by atoms with Crippen LogP contribution in [0.15, 0.2) is 36.5 Å². The lowest BCUT2D eigenvalue weighted by Gasteiger charge is -2.27. The number of carbonyl (C=O) groups is 2. The van der Waals surface area contributed by atoms with Crippen molar-refractivity contribution in [3.05, 3.63) is 36.5 Å². The van der Waals surface area contributed by atoms with Crippen molar-refractivity contribution in [2.75, 3.05) is 0 Å². The first-order chi connectivity index (χ1) is 7.96. The molecule has 94 valence electrons. The molecule has 0 aliphatic rings. The second-order valence-corrected chi connectivity index (χ2v) is 3.58. The molecule has 1 unspecified atom stereocenters. The Labute approximate surface area is 101 Å². The fourth-order valence-corrected chi connectivity index (χ4v) is 1.73. The average Bonchev–Trinajstić information content (AvgIpc) is 2.24. The van der Waals surface area contributed by atoms with Gasteiger partial charge in [-0.05, 0) is 20.8 Å². The second kappa shape index (κ2) is 6.68. The number of aliphatic carboxylic acids is 2. The minimum absolute atomic E-state index is 1.13. The van der Waals surface area contributed by atoms with Crippen LogP contribution in [0, 0.1) is 11.3 Å². The zero-order valence-corrected chi connectivity index (χ0v) is 10.3. The Morgan fingerprint density at radius 2 is 1.47 bits per heavy atom. The number of rotatable bonds is 6. The fourth-order valence-electron chi connectivity index (χ4n) is 1.73. The van der Waals surface area contributed by atoms with Crippen molar-refractivity contribution in [1.82, 2.24) is 0 Å². The van der Waals surface area contributed by atoms with Crippen LogP contribution in [0.4, 0.5) is 0 Å². The summed E-state index contributed by atoms with van der Waals surface area (Å²) in [4.78, 5) is 22.6. The van der Waals surface area contributed by atoms with Crippen molar-refractivity contribution < 1.29 is 19.8 Å². The van der Waals surface area contributed by atoms with Gasteiger partial charge in [-0.15, -0.1) is 0 Å². The van der Waals surface area contributed by atoms with Crippen LogP contribution in [0.1, 0.15) is 20.8 Å². The van der Waals surface area contributed by atoms with E-state index in [2.05, 4.69) is 0 Å². The minimum Gasteiger partial charge on any atom is -0.481 e. The Hall–Kier alpha value is -1.84. The molecule has 4 nitrogen and oxygen atoms in total. The highest BCUT2D eigenvalue weighted by Crippen LogP contribution is 2.33. The van der Waals surface area contributed by atoms with Crippen molar-refractivity contribution in [3.63, 3.8) is 0 Å². The zero-order chi connectivity index (χ0) is 13.5. The molecule has 1 atom stereocenters. The molecule has 0 amide bonds. The molecule has 0 saturated carbocycles. The van der Waals surface area contributed by atoms with E-state index in [0.29, 0.717) is 0 Å². The van der Waals surface area contributed by atoms with Crippen LogP contribution >= 0.6 is 0 Å². The Kier molecular flexibility index (Phi) is 5.96. The van der Waals surface area contributed by atoms with E-state index in [1.54, 1.807) is 39.0 Å². The summed E-state index contributed by atoms with van der Waals surface area (Å²) >= 11 is 0. The van der Waals surface area contributed by atoms with Crippen molar-refractivity contribution >= 4 is 11.9 Å². The van der Waals surface area contributed by atoms with Gasteiger partial charge in [-0.3, -0.25) is 9.59 Å². The van der Waals surface area contributed by atoms with Gasteiger partial charge in [0.25, 0.3) is 0 Å². The number of hydrogen-bond donors (Lipinski definition) is 2. The molecule has 0 aromatic rings. The Bertz CT molecular complexity index is 352. The molecule has 0 aromatic carbocycles. The van der Waals surface area contributed by atoms with E-state index in [0.717, 1.165) is 0 Å². The van der Waals surface area contributed by atoms with E-state index >= 15 is 0 Å². The highest BCUT2D eigenvalue weighted by Gasteiger charge is 2.44. The third-order valence-corrected chi connectivity index (χ3v) is 2.42. The summed E-state index contributed by atoms with van der Waals surface area (Å²) in [5.41, 5.74) is -1.54. The molecule has 0 saturated heterocycles. The zero-order valence-electron chi connectivity index (χ0n) is 10.3. The molecular formula is C13H18O4. The third kappa shape index (κ3) is 3.31. The highest BCUT2D eigenvalue weighted by atomic mass is 16.4. The standard InChI is InChI=1S/C13H18O4/c1-4-7-10(11(14)15)13(8-5-2,9-6-3)12(16)17/h4-10H,1-3H3,(H,14,15)(H,16,17)/b7-4-,8-5-,9-6-. The van der Waals surface area contributed by atoms with Gasteiger partial charge >= 0.3 is 11.9 Å². The summed E-state index contributed by atoms with van der Waals surface area (Å²) in [7, 11) is 0. The molecule has 4 heteroatoms. The lowest BCUT2D eigenvalue weighted by atomic mass is 9.74. The largest absolute Gasteiger partial charge is 0.481 e. The molecule has 0 aliphatic carbocycles. The summed E-state index contributed by atoms with van der Waals surface area (Å²) in [5, 5.41) is 18.5. The van der Waals surface area contributed by atoms with E-state index < -0.39 is 23.3 Å². The van der Waals surface area contributed by atoms with E-state index in [-0.39, 0.29) is 0 Å². The van der Waals surface area contributed by atoms with Crippen LogP contribution in [0.3, 0.4) is 0 Å². The van der Waals surface area contributed by atoms with Crippen molar-refractivity contribution in [1.29, 1.82) is 0 Å². The summed E-state index contributed by atoms with van der Waals surface area (Å²) in [6, 6.07) is 0. The van der Waals surface area contributed by atoms with Crippen LogP contribution < -0.4 is 0 Å². The first kappa shape index (κ1) is 15.2. The van der Waals surface area contributed by atoms with Gasteiger partial charge < -0.3 is 10.2 Å². The van der Waals surface area contributed by atoms with Crippen molar-refractivity contribution in [2.24, 2.45) is 11.3 Å². The van der Waals surface area contributed by atoms with Gasteiger partial charge in [0.1, 0.15) is 5.41 Å². The molecule has 0 heterocycles. The van der Waals surface area contributed by atoms with Crippen molar-refractivity contribution in [3.8, 4) is 0 Å². The molecule has 0 aliphatic heterocycles. The SMILES string of the molecule is C/C=C\C(C(=O)O)C(/C=C\C)(/C=C\C)C(=O)O. The summed E-state index contributed by atoms with van der Waals surface area (Å²) < 4.78 is 0. The molecule has 0 aromatic heterocycles. The molecule has 0 fully saturated rings. The van der Waals surface area contributed by atoms with Gasteiger partial charge in [0.15, 0.2) is 0 Å². The maximum Gasteiger partial charge on any atom is 0.318 e. The Morgan fingerprint density at radius 1 is 1.00 bits per heavy atom. The predicted octanol–water partition coefficient (Wildman–Crippen LogP) is 2.49. The number of allylic oxidation sites excluding steroid dienone is 3. The minimum atomic E-state index is -1.54. The Balaban J connectivity index is 5.85. The lowest BCUT2D eigenvalue weighted by molar-refractivity contribution is -0.153. The Morgan fingerprint density at radius 3 is 1.71 bits per heavy atom.